The molecule has 2 N–H and O–H groups in total. The van der Waals surface area contributed by atoms with Crippen LogP contribution in [0.5, 0.6) is 5.88 Å². The van der Waals surface area contributed by atoms with Crippen molar-refractivity contribution in [2.24, 2.45) is 0 Å². The second-order valence-electron chi connectivity index (χ2n) is 5.97. The van der Waals surface area contributed by atoms with Gasteiger partial charge in [-0.2, -0.15) is 4.98 Å². The summed E-state index contributed by atoms with van der Waals surface area (Å²) in [5, 5.41) is 6.39. The van der Waals surface area contributed by atoms with E-state index < -0.39 is 0 Å². The van der Waals surface area contributed by atoms with E-state index in [1.54, 1.807) is 36.1 Å². The van der Waals surface area contributed by atoms with Gasteiger partial charge in [0.1, 0.15) is 17.5 Å². The van der Waals surface area contributed by atoms with Crippen LogP contribution in [-0.4, -0.2) is 36.8 Å². The molecular formula is C18H17N7O2. The van der Waals surface area contributed by atoms with E-state index in [0.717, 1.165) is 5.69 Å². The molecule has 0 saturated carbocycles. The highest BCUT2D eigenvalue weighted by molar-refractivity contribution is 5.82. The summed E-state index contributed by atoms with van der Waals surface area (Å²) in [6, 6.07) is 8.91. The van der Waals surface area contributed by atoms with Crippen LogP contribution in [0.1, 0.15) is 11.5 Å². The quantitative estimate of drug-likeness (QED) is 0.572. The summed E-state index contributed by atoms with van der Waals surface area (Å²) < 4.78 is 6.77. The Kier molecular flexibility index (Phi) is 4.03. The average molecular weight is 363 g/mol. The maximum absolute atomic E-state index is 12.3. The van der Waals surface area contributed by atoms with Gasteiger partial charge in [0.25, 0.3) is 5.56 Å². The number of aromatic amines is 1. The Morgan fingerprint density at radius 1 is 1.11 bits per heavy atom. The third-order valence-corrected chi connectivity index (χ3v) is 3.95. The standard InChI is InChI=1S/C18H17N7O2/c1-10-7-15(21-11(2)20-10)22-14-8-13-12(9-19-14)18(26)24-25(13)16-5-4-6-17(23-16)27-3/h4-9H,1-3H3,(H,24,26)(H,19,20,21,22). The fourth-order valence-electron chi connectivity index (χ4n) is 2.83. The Morgan fingerprint density at radius 2 is 1.96 bits per heavy atom. The van der Waals surface area contributed by atoms with E-state index in [9.17, 15) is 4.79 Å². The maximum Gasteiger partial charge on any atom is 0.273 e. The van der Waals surface area contributed by atoms with Crippen LogP contribution in [0.25, 0.3) is 16.7 Å². The summed E-state index contributed by atoms with van der Waals surface area (Å²) in [7, 11) is 1.54. The zero-order chi connectivity index (χ0) is 19.0. The first-order chi connectivity index (χ1) is 13.0. The molecule has 0 atom stereocenters. The Bertz CT molecular complexity index is 1180. The number of hydrogen-bond acceptors (Lipinski definition) is 7. The highest BCUT2D eigenvalue weighted by Crippen LogP contribution is 2.20. The van der Waals surface area contributed by atoms with Crippen LogP contribution in [-0.2, 0) is 0 Å². The van der Waals surface area contributed by atoms with Gasteiger partial charge in [0.15, 0.2) is 5.82 Å². The van der Waals surface area contributed by atoms with Crippen LogP contribution < -0.4 is 15.6 Å². The zero-order valence-electron chi connectivity index (χ0n) is 15.0. The summed E-state index contributed by atoms with van der Waals surface area (Å²) in [6.45, 7) is 3.72. The van der Waals surface area contributed by atoms with E-state index in [2.05, 4.69) is 30.4 Å². The molecular weight excluding hydrogens is 346 g/mol. The van der Waals surface area contributed by atoms with Gasteiger partial charge in [0.05, 0.1) is 18.0 Å². The number of hydrogen-bond donors (Lipinski definition) is 2. The number of ether oxygens (including phenoxy) is 1. The highest BCUT2D eigenvalue weighted by atomic mass is 16.5. The normalized spacial score (nSPS) is 10.9. The molecule has 0 fully saturated rings. The molecule has 4 rings (SSSR count). The Balaban J connectivity index is 1.80. The van der Waals surface area contributed by atoms with Gasteiger partial charge in [-0.3, -0.25) is 9.89 Å². The first kappa shape index (κ1) is 16.7. The minimum absolute atomic E-state index is 0.248. The van der Waals surface area contributed by atoms with Gasteiger partial charge < -0.3 is 10.1 Å². The predicted molar refractivity (Wildman–Crippen MR) is 101 cm³/mol. The summed E-state index contributed by atoms with van der Waals surface area (Å²) in [6.07, 6.45) is 1.52. The molecule has 0 saturated heterocycles. The van der Waals surface area contributed by atoms with Crippen molar-refractivity contribution in [2.75, 3.05) is 12.4 Å². The fraction of sp³-hybridized carbons (Fsp3) is 0.167. The van der Waals surface area contributed by atoms with E-state index in [4.69, 9.17) is 4.74 Å². The van der Waals surface area contributed by atoms with Gasteiger partial charge in [-0.05, 0) is 19.9 Å². The molecule has 0 aromatic carbocycles. The third-order valence-electron chi connectivity index (χ3n) is 3.95. The van der Waals surface area contributed by atoms with Crippen molar-refractivity contribution >= 4 is 22.5 Å². The van der Waals surface area contributed by atoms with E-state index >= 15 is 0 Å². The topological polar surface area (TPSA) is 111 Å². The molecule has 4 aromatic heterocycles. The first-order valence-corrected chi connectivity index (χ1v) is 8.25. The number of methoxy groups -OCH3 is 1. The Morgan fingerprint density at radius 3 is 2.74 bits per heavy atom. The third kappa shape index (κ3) is 3.22. The summed E-state index contributed by atoms with van der Waals surface area (Å²) in [5.41, 5.74) is 1.24. The molecule has 4 aromatic rings. The van der Waals surface area contributed by atoms with Crippen LogP contribution in [0.15, 0.2) is 41.3 Å². The van der Waals surface area contributed by atoms with Crippen LogP contribution in [0.2, 0.25) is 0 Å². The molecule has 0 bridgehead atoms. The van der Waals surface area contributed by atoms with E-state index in [-0.39, 0.29) is 5.56 Å². The molecule has 136 valence electrons. The Labute approximate surface area is 154 Å². The van der Waals surface area contributed by atoms with Crippen LogP contribution in [0.4, 0.5) is 11.6 Å². The van der Waals surface area contributed by atoms with Crippen molar-refractivity contribution in [1.82, 2.24) is 29.7 Å². The second-order valence-corrected chi connectivity index (χ2v) is 5.97. The number of pyridine rings is 2. The summed E-state index contributed by atoms with van der Waals surface area (Å²) in [4.78, 5) is 29.6. The number of fused-ring (bicyclic) bond motifs is 1. The van der Waals surface area contributed by atoms with Gasteiger partial charge >= 0.3 is 0 Å². The van der Waals surface area contributed by atoms with Gasteiger partial charge in [0.2, 0.25) is 5.88 Å². The van der Waals surface area contributed by atoms with Crippen LogP contribution in [0, 0.1) is 13.8 Å². The number of anilines is 2. The summed E-state index contributed by atoms with van der Waals surface area (Å²) >= 11 is 0. The van der Waals surface area contributed by atoms with E-state index in [0.29, 0.717) is 40.1 Å². The lowest BCUT2D eigenvalue weighted by Gasteiger charge is -2.08. The number of H-pyrrole nitrogens is 1. The van der Waals surface area contributed by atoms with Crippen molar-refractivity contribution in [3.63, 3.8) is 0 Å². The molecule has 0 aliphatic rings. The zero-order valence-corrected chi connectivity index (χ0v) is 15.0. The lowest BCUT2D eigenvalue weighted by atomic mass is 10.3. The molecule has 9 nitrogen and oxygen atoms in total. The van der Waals surface area contributed by atoms with Crippen molar-refractivity contribution in [3.8, 4) is 11.7 Å². The molecule has 0 aliphatic heterocycles. The molecule has 0 radical (unpaired) electrons. The number of nitrogens with zero attached hydrogens (tertiary/aromatic N) is 5. The molecule has 0 unspecified atom stereocenters. The lowest BCUT2D eigenvalue weighted by molar-refractivity contribution is 0.397. The minimum Gasteiger partial charge on any atom is -0.481 e. The van der Waals surface area contributed by atoms with Crippen molar-refractivity contribution in [3.05, 3.63) is 58.4 Å². The Hall–Kier alpha value is -3.75. The molecule has 27 heavy (non-hydrogen) atoms. The first-order valence-electron chi connectivity index (χ1n) is 8.25. The van der Waals surface area contributed by atoms with E-state index in [1.807, 2.05) is 19.9 Å². The molecule has 0 aliphatic carbocycles. The largest absolute Gasteiger partial charge is 0.481 e. The van der Waals surface area contributed by atoms with Gasteiger partial charge in [-0.1, -0.05) is 6.07 Å². The van der Waals surface area contributed by atoms with Crippen molar-refractivity contribution < 1.29 is 4.74 Å². The number of aromatic nitrogens is 6. The van der Waals surface area contributed by atoms with Gasteiger partial charge in [-0.25, -0.2) is 19.6 Å². The van der Waals surface area contributed by atoms with Crippen LogP contribution in [0.3, 0.4) is 0 Å². The fourth-order valence-corrected chi connectivity index (χ4v) is 2.83. The molecule has 9 heteroatoms. The number of aryl methyl sites for hydroxylation is 2. The average Bonchev–Trinajstić information content (AvgIpc) is 2.97. The van der Waals surface area contributed by atoms with Crippen LogP contribution >= 0.6 is 0 Å². The van der Waals surface area contributed by atoms with Crippen molar-refractivity contribution in [2.45, 2.75) is 13.8 Å². The second kappa shape index (κ2) is 6.52. The monoisotopic (exact) mass is 363 g/mol. The number of rotatable bonds is 4. The summed E-state index contributed by atoms with van der Waals surface area (Å²) in [5.74, 6) is 2.84. The SMILES string of the molecule is COc1cccc(-n2[nH]c(=O)c3cnc(Nc4cc(C)nc(C)n4)cc32)n1. The van der Waals surface area contributed by atoms with Crippen molar-refractivity contribution in [1.29, 1.82) is 0 Å². The molecule has 0 spiro atoms. The smallest absolute Gasteiger partial charge is 0.273 e. The van der Waals surface area contributed by atoms with E-state index in [1.165, 1.54) is 6.20 Å². The van der Waals surface area contributed by atoms with Gasteiger partial charge in [-0.15, -0.1) is 0 Å². The number of nitrogens with one attached hydrogen (secondary N) is 2. The predicted octanol–water partition coefficient (Wildman–Crippen LogP) is 2.27. The minimum atomic E-state index is -0.248. The lowest BCUT2D eigenvalue weighted by Crippen LogP contribution is -2.05. The van der Waals surface area contributed by atoms with Gasteiger partial charge in [0, 0.05) is 30.1 Å². The maximum atomic E-state index is 12.3. The highest BCUT2D eigenvalue weighted by Gasteiger charge is 2.12. The molecule has 4 heterocycles. The molecule has 0 amide bonds.